The van der Waals surface area contributed by atoms with Gasteiger partial charge in [-0.15, -0.1) is 6.42 Å². The largest absolute Gasteiger partial charge is 0.345 e. The van der Waals surface area contributed by atoms with Crippen molar-refractivity contribution in [3.63, 3.8) is 0 Å². The van der Waals surface area contributed by atoms with Crippen LogP contribution in [-0.2, 0) is 4.79 Å². The Morgan fingerprint density at radius 2 is 2.12 bits per heavy atom. The highest BCUT2D eigenvalue weighted by atomic mass is 16.1. The molecule has 0 spiro atoms. The number of terminal acetylenes is 1. The summed E-state index contributed by atoms with van der Waals surface area (Å²) >= 11 is 0. The van der Waals surface area contributed by atoms with Crippen molar-refractivity contribution in [2.75, 3.05) is 6.54 Å². The lowest BCUT2D eigenvalue weighted by atomic mass is 9.94. The van der Waals surface area contributed by atoms with Gasteiger partial charge < -0.3 is 5.32 Å². The number of amides is 1. The smallest absolute Gasteiger partial charge is 0.228 e. The van der Waals surface area contributed by atoms with Crippen molar-refractivity contribution in [2.24, 2.45) is 0 Å². The van der Waals surface area contributed by atoms with Crippen LogP contribution in [-0.4, -0.2) is 12.5 Å². The maximum Gasteiger partial charge on any atom is 0.228 e. The second-order valence-corrected chi connectivity index (χ2v) is 3.67. The fraction of sp³-hybridized carbons (Fsp3) is 0.357. The second kappa shape index (κ2) is 6.68. The Hall–Kier alpha value is -1.75. The summed E-state index contributed by atoms with van der Waals surface area (Å²) in [5, 5.41) is 2.74. The van der Waals surface area contributed by atoms with Crippen LogP contribution < -0.4 is 5.32 Å². The van der Waals surface area contributed by atoms with Crippen LogP contribution in [0.3, 0.4) is 0 Å². The second-order valence-electron chi connectivity index (χ2n) is 3.67. The number of nitrogens with one attached hydrogen (secondary N) is 1. The molecule has 1 N–H and O–H groups in total. The highest BCUT2D eigenvalue weighted by Gasteiger charge is 2.18. The van der Waals surface area contributed by atoms with E-state index in [9.17, 15) is 4.79 Å². The van der Waals surface area contributed by atoms with Crippen molar-refractivity contribution in [1.29, 1.82) is 0 Å². The van der Waals surface area contributed by atoms with Gasteiger partial charge in [0.1, 0.15) is 0 Å². The average molecular weight is 215 g/mol. The Morgan fingerprint density at radius 3 is 2.69 bits per heavy atom. The standard InChI is InChI=1S/C14H17NO/c1-3-8-13(14(16)15-11-4-2)12-9-6-5-7-10-12/h2,5-7,9-10,13H,3,8,11H2,1H3,(H,15,16)/t13-/m1/s1. The van der Waals surface area contributed by atoms with Crippen molar-refractivity contribution in [3.05, 3.63) is 35.9 Å². The summed E-state index contributed by atoms with van der Waals surface area (Å²) in [6, 6.07) is 9.82. The van der Waals surface area contributed by atoms with E-state index in [1.54, 1.807) is 0 Å². The predicted molar refractivity (Wildman–Crippen MR) is 65.9 cm³/mol. The molecule has 1 aromatic carbocycles. The van der Waals surface area contributed by atoms with Crippen molar-refractivity contribution < 1.29 is 4.79 Å². The predicted octanol–water partition coefficient (Wildman–Crippen LogP) is 2.32. The zero-order valence-electron chi connectivity index (χ0n) is 9.57. The van der Waals surface area contributed by atoms with E-state index in [2.05, 4.69) is 18.2 Å². The number of rotatable bonds is 5. The summed E-state index contributed by atoms with van der Waals surface area (Å²) < 4.78 is 0. The molecule has 1 aromatic rings. The molecule has 2 heteroatoms. The Morgan fingerprint density at radius 1 is 1.44 bits per heavy atom. The van der Waals surface area contributed by atoms with Gasteiger partial charge in [0, 0.05) is 0 Å². The van der Waals surface area contributed by atoms with Gasteiger partial charge in [-0.25, -0.2) is 0 Å². The molecule has 84 valence electrons. The van der Waals surface area contributed by atoms with Gasteiger partial charge in [0.05, 0.1) is 12.5 Å². The molecule has 0 radical (unpaired) electrons. The van der Waals surface area contributed by atoms with E-state index < -0.39 is 0 Å². The van der Waals surface area contributed by atoms with Crippen LogP contribution in [0.4, 0.5) is 0 Å². The van der Waals surface area contributed by atoms with E-state index in [0.29, 0.717) is 6.54 Å². The summed E-state index contributed by atoms with van der Waals surface area (Å²) in [5.41, 5.74) is 1.05. The number of benzene rings is 1. The van der Waals surface area contributed by atoms with E-state index >= 15 is 0 Å². The van der Waals surface area contributed by atoms with Crippen LogP contribution in [0.5, 0.6) is 0 Å². The molecule has 0 aliphatic carbocycles. The van der Waals surface area contributed by atoms with Crippen LogP contribution in [0, 0.1) is 12.3 Å². The van der Waals surface area contributed by atoms with Crippen LogP contribution in [0.25, 0.3) is 0 Å². The zero-order chi connectivity index (χ0) is 11.8. The molecule has 0 unspecified atom stereocenters. The quantitative estimate of drug-likeness (QED) is 0.750. The SMILES string of the molecule is C#CCNC(=O)[C@H](CCC)c1ccccc1. The van der Waals surface area contributed by atoms with Gasteiger partial charge in [-0.05, 0) is 12.0 Å². The highest BCUT2D eigenvalue weighted by molar-refractivity contribution is 5.83. The third-order valence-corrected chi connectivity index (χ3v) is 2.46. The number of hydrogen-bond acceptors (Lipinski definition) is 1. The highest BCUT2D eigenvalue weighted by Crippen LogP contribution is 2.20. The number of carbonyl (C=O) groups excluding carboxylic acids is 1. The Balaban J connectivity index is 2.75. The first-order valence-corrected chi connectivity index (χ1v) is 5.55. The van der Waals surface area contributed by atoms with Crippen LogP contribution in [0.15, 0.2) is 30.3 Å². The molecular formula is C14H17NO. The van der Waals surface area contributed by atoms with Crippen LogP contribution >= 0.6 is 0 Å². The van der Waals surface area contributed by atoms with Crippen molar-refractivity contribution in [3.8, 4) is 12.3 Å². The normalized spacial score (nSPS) is 11.5. The van der Waals surface area contributed by atoms with Gasteiger partial charge in [0.25, 0.3) is 0 Å². The minimum Gasteiger partial charge on any atom is -0.345 e. The molecular weight excluding hydrogens is 198 g/mol. The number of hydrogen-bond donors (Lipinski definition) is 1. The lowest BCUT2D eigenvalue weighted by Gasteiger charge is -2.15. The third-order valence-electron chi connectivity index (χ3n) is 2.46. The van der Waals surface area contributed by atoms with Gasteiger partial charge in [-0.1, -0.05) is 49.6 Å². The van der Waals surface area contributed by atoms with E-state index in [0.717, 1.165) is 18.4 Å². The first-order valence-electron chi connectivity index (χ1n) is 5.55. The fourth-order valence-electron chi connectivity index (χ4n) is 1.68. The Kier molecular flexibility index (Phi) is 5.15. The van der Waals surface area contributed by atoms with Gasteiger partial charge in [0.15, 0.2) is 0 Å². The summed E-state index contributed by atoms with van der Waals surface area (Å²) in [7, 11) is 0. The van der Waals surface area contributed by atoms with Crippen LogP contribution in [0.1, 0.15) is 31.2 Å². The van der Waals surface area contributed by atoms with Crippen molar-refractivity contribution >= 4 is 5.91 Å². The lowest BCUT2D eigenvalue weighted by molar-refractivity contribution is -0.122. The molecule has 0 aliphatic rings. The summed E-state index contributed by atoms with van der Waals surface area (Å²) in [4.78, 5) is 11.9. The molecule has 0 aromatic heterocycles. The van der Waals surface area contributed by atoms with E-state index in [1.165, 1.54) is 0 Å². The Labute approximate surface area is 97.1 Å². The summed E-state index contributed by atoms with van der Waals surface area (Å²) in [5.74, 6) is 2.35. The summed E-state index contributed by atoms with van der Waals surface area (Å²) in [6.45, 7) is 2.37. The molecule has 0 saturated carbocycles. The Bertz CT molecular complexity index is 364. The monoisotopic (exact) mass is 215 g/mol. The van der Waals surface area contributed by atoms with Gasteiger partial charge in [0.2, 0.25) is 5.91 Å². The number of carbonyl (C=O) groups is 1. The minimum atomic E-state index is -0.0838. The molecule has 1 rings (SSSR count). The van der Waals surface area contributed by atoms with Crippen molar-refractivity contribution in [2.45, 2.75) is 25.7 Å². The molecule has 0 bridgehead atoms. The van der Waals surface area contributed by atoms with E-state index in [4.69, 9.17) is 6.42 Å². The summed E-state index contributed by atoms with van der Waals surface area (Å²) in [6.07, 6.45) is 6.95. The van der Waals surface area contributed by atoms with E-state index in [1.807, 2.05) is 30.3 Å². The molecule has 2 nitrogen and oxygen atoms in total. The van der Waals surface area contributed by atoms with Crippen LogP contribution in [0.2, 0.25) is 0 Å². The van der Waals surface area contributed by atoms with Gasteiger partial charge >= 0.3 is 0 Å². The molecule has 1 amide bonds. The minimum absolute atomic E-state index is 0.0194. The average Bonchev–Trinajstić information content (AvgIpc) is 2.34. The molecule has 0 saturated heterocycles. The van der Waals surface area contributed by atoms with Gasteiger partial charge in [-0.3, -0.25) is 4.79 Å². The molecule has 0 heterocycles. The molecule has 0 fully saturated rings. The molecule has 1 atom stereocenters. The zero-order valence-corrected chi connectivity index (χ0v) is 9.57. The third kappa shape index (κ3) is 3.43. The molecule has 16 heavy (non-hydrogen) atoms. The first kappa shape index (κ1) is 12.3. The van der Waals surface area contributed by atoms with E-state index in [-0.39, 0.29) is 11.8 Å². The van der Waals surface area contributed by atoms with Crippen molar-refractivity contribution in [1.82, 2.24) is 5.32 Å². The first-order chi connectivity index (χ1) is 7.79. The molecule has 0 aliphatic heterocycles. The maximum absolute atomic E-state index is 11.9. The fourth-order valence-corrected chi connectivity index (χ4v) is 1.68. The topological polar surface area (TPSA) is 29.1 Å². The maximum atomic E-state index is 11.9. The van der Waals surface area contributed by atoms with Gasteiger partial charge in [-0.2, -0.15) is 0 Å². The lowest BCUT2D eigenvalue weighted by Crippen LogP contribution is -2.29.